The van der Waals surface area contributed by atoms with Gasteiger partial charge in [-0.1, -0.05) is 0 Å². The predicted octanol–water partition coefficient (Wildman–Crippen LogP) is 2.79. The van der Waals surface area contributed by atoms with Crippen LogP contribution in [0.1, 0.15) is 16.3 Å². The Morgan fingerprint density at radius 3 is 2.62 bits per heavy atom. The minimum atomic E-state index is -0.784. The summed E-state index contributed by atoms with van der Waals surface area (Å²) in [6.45, 7) is 0.540. The third-order valence-electron chi connectivity index (χ3n) is 2.83. The average Bonchev–Trinajstić information content (AvgIpc) is 2.94. The number of carboxylic acid groups (broad SMARTS) is 1. The number of thiazole rings is 1. The summed E-state index contributed by atoms with van der Waals surface area (Å²) < 4.78 is 10.7. The molecule has 1 heterocycles. The van der Waals surface area contributed by atoms with E-state index in [4.69, 9.17) is 14.6 Å². The fourth-order valence-electron chi connectivity index (χ4n) is 1.74. The SMILES string of the molecule is COc1ccc(OCCc2ncc(CCC(=O)O)s2)cc1. The molecule has 0 amide bonds. The van der Waals surface area contributed by atoms with Gasteiger partial charge in [0.1, 0.15) is 11.5 Å². The number of methoxy groups -OCH3 is 1. The topological polar surface area (TPSA) is 68.7 Å². The number of nitrogens with zero attached hydrogens (tertiary/aromatic N) is 1. The second kappa shape index (κ2) is 7.64. The highest BCUT2D eigenvalue weighted by Gasteiger charge is 2.05. The van der Waals surface area contributed by atoms with E-state index >= 15 is 0 Å². The van der Waals surface area contributed by atoms with Gasteiger partial charge in [0.15, 0.2) is 0 Å². The van der Waals surface area contributed by atoms with Gasteiger partial charge in [-0.2, -0.15) is 0 Å². The molecule has 0 saturated heterocycles. The van der Waals surface area contributed by atoms with Gasteiger partial charge < -0.3 is 14.6 Å². The largest absolute Gasteiger partial charge is 0.497 e. The molecule has 0 radical (unpaired) electrons. The van der Waals surface area contributed by atoms with Crippen molar-refractivity contribution in [2.75, 3.05) is 13.7 Å². The molecule has 6 heteroatoms. The van der Waals surface area contributed by atoms with Crippen LogP contribution in [0, 0.1) is 0 Å². The summed E-state index contributed by atoms with van der Waals surface area (Å²) in [6.07, 6.45) is 3.14. The van der Waals surface area contributed by atoms with Crippen LogP contribution in [-0.4, -0.2) is 29.8 Å². The molecule has 21 heavy (non-hydrogen) atoms. The number of benzene rings is 1. The van der Waals surface area contributed by atoms with Crippen molar-refractivity contribution >= 4 is 17.3 Å². The second-order valence-electron chi connectivity index (χ2n) is 4.39. The van der Waals surface area contributed by atoms with Gasteiger partial charge in [0.05, 0.1) is 25.1 Å². The molecule has 0 atom stereocenters. The fourth-order valence-corrected chi connectivity index (χ4v) is 2.64. The van der Waals surface area contributed by atoms with Crippen LogP contribution in [0.3, 0.4) is 0 Å². The van der Waals surface area contributed by atoms with Gasteiger partial charge in [0.2, 0.25) is 0 Å². The van der Waals surface area contributed by atoms with Crippen LogP contribution in [0.4, 0.5) is 0 Å². The maximum atomic E-state index is 10.5. The Hall–Kier alpha value is -2.08. The molecule has 0 saturated carbocycles. The highest BCUT2D eigenvalue weighted by molar-refractivity contribution is 7.11. The van der Waals surface area contributed by atoms with Gasteiger partial charge in [-0.25, -0.2) is 4.98 Å². The summed E-state index contributed by atoms with van der Waals surface area (Å²) >= 11 is 1.54. The van der Waals surface area contributed by atoms with Crippen LogP contribution in [0.25, 0.3) is 0 Å². The van der Waals surface area contributed by atoms with Crippen molar-refractivity contribution in [2.45, 2.75) is 19.3 Å². The van der Waals surface area contributed by atoms with Crippen LogP contribution in [0.15, 0.2) is 30.5 Å². The van der Waals surface area contributed by atoms with Crippen LogP contribution < -0.4 is 9.47 Å². The number of carbonyl (C=O) groups is 1. The normalized spacial score (nSPS) is 10.3. The number of ether oxygens (including phenoxy) is 2. The molecule has 1 aromatic carbocycles. The van der Waals surface area contributed by atoms with Crippen LogP contribution in [0.5, 0.6) is 11.5 Å². The van der Waals surface area contributed by atoms with Gasteiger partial charge in [0, 0.05) is 17.5 Å². The van der Waals surface area contributed by atoms with E-state index in [1.54, 1.807) is 24.6 Å². The molecule has 0 fully saturated rings. The first-order chi connectivity index (χ1) is 10.2. The van der Waals surface area contributed by atoms with Crippen molar-refractivity contribution in [1.29, 1.82) is 0 Å². The molecule has 5 nitrogen and oxygen atoms in total. The smallest absolute Gasteiger partial charge is 0.303 e. The molecule has 0 unspecified atom stereocenters. The summed E-state index contributed by atoms with van der Waals surface area (Å²) in [7, 11) is 1.63. The van der Waals surface area contributed by atoms with Crippen molar-refractivity contribution in [3.63, 3.8) is 0 Å². The number of aryl methyl sites for hydroxylation is 1. The molecule has 2 aromatic rings. The monoisotopic (exact) mass is 307 g/mol. The van der Waals surface area contributed by atoms with E-state index in [0.29, 0.717) is 19.4 Å². The second-order valence-corrected chi connectivity index (χ2v) is 5.59. The number of aromatic nitrogens is 1. The molecule has 0 aliphatic rings. The molecule has 0 spiro atoms. The number of hydrogen-bond acceptors (Lipinski definition) is 5. The van der Waals surface area contributed by atoms with Crippen LogP contribution >= 0.6 is 11.3 Å². The van der Waals surface area contributed by atoms with Gasteiger partial charge in [-0.3, -0.25) is 4.79 Å². The molecular formula is C15H17NO4S. The van der Waals surface area contributed by atoms with Crippen LogP contribution in [-0.2, 0) is 17.6 Å². The zero-order chi connectivity index (χ0) is 15.1. The standard InChI is InChI=1S/C15H17NO4S/c1-19-11-2-4-12(5-3-11)20-9-8-14-16-10-13(21-14)6-7-15(17)18/h2-5,10H,6-9H2,1H3,(H,17,18). The number of carboxylic acids is 1. The van der Waals surface area contributed by atoms with E-state index in [0.717, 1.165) is 21.4 Å². The molecule has 0 aliphatic carbocycles. The summed E-state index contributed by atoms with van der Waals surface area (Å²) in [6, 6.07) is 7.42. The molecule has 1 N–H and O–H groups in total. The highest BCUT2D eigenvalue weighted by atomic mass is 32.1. The van der Waals surface area contributed by atoms with Crippen molar-refractivity contribution in [2.24, 2.45) is 0 Å². The van der Waals surface area contributed by atoms with Crippen LogP contribution in [0.2, 0.25) is 0 Å². The zero-order valence-corrected chi connectivity index (χ0v) is 12.6. The van der Waals surface area contributed by atoms with Gasteiger partial charge >= 0.3 is 5.97 Å². The predicted molar refractivity (Wildman–Crippen MR) is 80.3 cm³/mol. The zero-order valence-electron chi connectivity index (χ0n) is 11.7. The molecule has 112 valence electrons. The Balaban J connectivity index is 1.76. The minimum Gasteiger partial charge on any atom is -0.497 e. The number of aliphatic carboxylic acids is 1. The van der Waals surface area contributed by atoms with Gasteiger partial charge in [-0.05, 0) is 30.7 Å². The molecule has 0 bridgehead atoms. The molecule has 2 rings (SSSR count). The van der Waals surface area contributed by atoms with Gasteiger partial charge in [-0.15, -0.1) is 11.3 Å². The third-order valence-corrected chi connectivity index (χ3v) is 3.95. The first kappa shape index (κ1) is 15.3. The average molecular weight is 307 g/mol. The van der Waals surface area contributed by atoms with E-state index in [1.807, 2.05) is 24.3 Å². The van der Waals surface area contributed by atoms with Crippen molar-refractivity contribution in [3.8, 4) is 11.5 Å². The fraction of sp³-hybridized carbons (Fsp3) is 0.333. The lowest BCUT2D eigenvalue weighted by Crippen LogP contribution is -2.00. The lowest BCUT2D eigenvalue weighted by molar-refractivity contribution is -0.136. The van der Waals surface area contributed by atoms with E-state index in [9.17, 15) is 4.79 Å². The first-order valence-corrected chi connectivity index (χ1v) is 7.41. The quantitative estimate of drug-likeness (QED) is 0.812. The van der Waals surface area contributed by atoms with Crippen molar-refractivity contribution < 1.29 is 19.4 Å². The van der Waals surface area contributed by atoms with Crippen molar-refractivity contribution in [3.05, 3.63) is 40.3 Å². The Bertz CT molecular complexity index is 580. The number of rotatable bonds is 8. The van der Waals surface area contributed by atoms with E-state index < -0.39 is 5.97 Å². The van der Waals surface area contributed by atoms with E-state index in [2.05, 4.69) is 4.98 Å². The van der Waals surface area contributed by atoms with Crippen molar-refractivity contribution in [1.82, 2.24) is 4.98 Å². The number of hydrogen-bond donors (Lipinski definition) is 1. The minimum absolute atomic E-state index is 0.143. The maximum absolute atomic E-state index is 10.5. The maximum Gasteiger partial charge on any atom is 0.303 e. The van der Waals surface area contributed by atoms with E-state index in [-0.39, 0.29) is 6.42 Å². The highest BCUT2D eigenvalue weighted by Crippen LogP contribution is 2.18. The lowest BCUT2D eigenvalue weighted by Gasteiger charge is -2.05. The molecule has 0 aliphatic heterocycles. The Morgan fingerprint density at radius 1 is 1.24 bits per heavy atom. The summed E-state index contributed by atoms with van der Waals surface area (Å²) in [5.74, 6) is 0.802. The Kier molecular flexibility index (Phi) is 5.57. The summed E-state index contributed by atoms with van der Waals surface area (Å²) in [5.41, 5.74) is 0. The van der Waals surface area contributed by atoms with E-state index in [1.165, 1.54) is 0 Å². The molecular weight excluding hydrogens is 290 g/mol. The first-order valence-electron chi connectivity index (χ1n) is 6.59. The third kappa shape index (κ3) is 5.07. The summed E-state index contributed by atoms with van der Waals surface area (Å²) in [4.78, 5) is 15.8. The summed E-state index contributed by atoms with van der Waals surface area (Å²) in [5, 5.41) is 9.60. The molecule has 1 aromatic heterocycles. The Morgan fingerprint density at radius 2 is 1.95 bits per heavy atom. The lowest BCUT2D eigenvalue weighted by atomic mass is 10.3. The van der Waals surface area contributed by atoms with Gasteiger partial charge in [0.25, 0.3) is 0 Å². The Labute approximate surface area is 127 Å².